The highest BCUT2D eigenvalue weighted by atomic mass is 32.2. The molecular formula is C17H16N2O3S. The molecule has 3 rings (SSSR count). The molecule has 1 heterocycles. The fourth-order valence-electron chi connectivity index (χ4n) is 2.47. The summed E-state index contributed by atoms with van der Waals surface area (Å²) in [5, 5.41) is -0.434. The fourth-order valence-corrected chi connectivity index (χ4v) is 3.53. The Morgan fingerprint density at radius 3 is 2.52 bits per heavy atom. The third kappa shape index (κ3) is 3.03. The van der Waals surface area contributed by atoms with E-state index in [0.717, 1.165) is 4.90 Å². The number of rotatable bonds is 4. The molecule has 1 unspecified atom stereocenters. The van der Waals surface area contributed by atoms with Crippen molar-refractivity contribution in [2.75, 3.05) is 17.7 Å². The number of methoxy groups -OCH3 is 1. The molecule has 0 spiro atoms. The lowest BCUT2D eigenvalue weighted by Crippen LogP contribution is -2.31. The summed E-state index contributed by atoms with van der Waals surface area (Å²) >= 11 is 1.38. The first-order valence-electron chi connectivity index (χ1n) is 7.12. The number of carbonyl (C=O) groups excluding carboxylic acids is 2. The molecule has 0 radical (unpaired) electrons. The van der Waals surface area contributed by atoms with Gasteiger partial charge in [-0.15, -0.1) is 11.8 Å². The number of carbonyl (C=O) groups is 2. The maximum Gasteiger partial charge on any atom is 0.247 e. The van der Waals surface area contributed by atoms with Gasteiger partial charge in [-0.25, -0.2) is 4.90 Å². The Morgan fingerprint density at radius 1 is 1.13 bits per heavy atom. The molecule has 2 aromatic rings. The van der Waals surface area contributed by atoms with Gasteiger partial charge in [-0.2, -0.15) is 0 Å². The van der Waals surface area contributed by atoms with E-state index in [4.69, 9.17) is 10.5 Å². The number of para-hydroxylation sites is 2. The summed E-state index contributed by atoms with van der Waals surface area (Å²) in [6, 6.07) is 14.3. The fraction of sp³-hybridized carbons (Fsp3) is 0.176. The Labute approximate surface area is 138 Å². The number of amides is 2. The molecule has 0 saturated carbocycles. The number of nitrogens with zero attached hydrogens (tertiary/aromatic N) is 1. The number of hydrogen-bond donors (Lipinski definition) is 1. The number of nitrogens with two attached hydrogens (primary N) is 1. The minimum Gasteiger partial charge on any atom is -0.495 e. The summed E-state index contributed by atoms with van der Waals surface area (Å²) in [5.74, 6) is 0.0705. The SMILES string of the molecule is COc1ccccc1N1C(=O)CC(Sc2ccc(N)cc2)C1=O. The number of benzene rings is 2. The standard InChI is InChI=1S/C17H16N2O3S/c1-22-14-5-3-2-4-13(14)19-16(20)10-15(17(19)21)23-12-8-6-11(18)7-9-12/h2-9,15H,10,18H2,1H3. The van der Waals surface area contributed by atoms with Gasteiger partial charge in [0.2, 0.25) is 11.8 Å². The summed E-state index contributed by atoms with van der Waals surface area (Å²) in [6.45, 7) is 0. The average Bonchev–Trinajstić information content (AvgIpc) is 2.83. The lowest BCUT2D eigenvalue weighted by Gasteiger charge is -2.17. The number of anilines is 2. The van der Waals surface area contributed by atoms with E-state index in [9.17, 15) is 9.59 Å². The van der Waals surface area contributed by atoms with Crippen LogP contribution in [0.2, 0.25) is 0 Å². The van der Waals surface area contributed by atoms with Crippen molar-refractivity contribution in [1.29, 1.82) is 0 Å². The van der Waals surface area contributed by atoms with Gasteiger partial charge in [-0.3, -0.25) is 9.59 Å². The van der Waals surface area contributed by atoms with Gasteiger partial charge >= 0.3 is 0 Å². The molecular weight excluding hydrogens is 312 g/mol. The maximum absolute atomic E-state index is 12.7. The second kappa shape index (κ2) is 6.34. The third-order valence-corrected chi connectivity index (χ3v) is 4.79. The number of nitrogen functional groups attached to an aromatic ring is 1. The van der Waals surface area contributed by atoms with Gasteiger partial charge in [0.25, 0.3) is 0 Å². The molecule has 5 nitrogen and oxygen atoms in total. The van der Waals surface area contributed by atoms with Crippen LogP contribution in [0, 0.1) is 0 Å². The Bertz CT molecular complexity index is 746. The number of hydrogen-bond acceptors (Lipinski definition) is 5. The van der Waals surface area contributed by atoms with Crippen LogP contribution in [0.15, 0.2) is 53.4 Å². The summed E-state index contributed by atoms with van der Waals surface area (Å²) in [7, 11) is 1.52. The molecule has 1 atom stereocenters. The van der Waals surface area contributed by atoms with Gasteiger partial charge < -0.3 is 10.5 Å². The first kappa shape index (κ1) is 15.4. The Hall–Kier alpha value is -2.47. The lowest BCUT2D eigenvalue weighted by atomic mass is 10.2. The minimum atomic E-state index is -0.434. The molecule has 118 valence electrons. The second-order valence-corrected chi connectivity index (χ2v) is 6.40. The van der Waals surface area contributed by atoms with Crippen molar-refractivity contribution < 1.29 is 14.3 Å². The van der Waals surface area contributed by atoms with Crippen LogP contribution >= 0.6 is 11.8 Å². The predicted molar refractivity (Wildman–Crippen MR) is 90.6 cm³/mol. The van der Waals surface area contributed by atoms with Crippen molar-refractivity contribution in [3.63, 3.8) is 0 Å². The summed E-state index contributed by atoms with van der Waals surface area (Å²) in [4.78, 5) is 27.1. The van der Waals surface area contributed by atoms with Crippen molar-refractivity contribution >= 4 is 35.0 Å². The number of imide groups is 1. The Balaban J connectivity index is 1.84. The van der Waals surface area contributed by atoms with E-state index in [2.05, 4.69) is 0 Å². The van der Waals surface area contributed by atoms with E-state index in [1.54, 1.807) is 36.4 Å². The van der Waals surface area contributed by atoms with Gasteiger partial charge in [0, 0.05) is 17.0 Å². The van der Waals surface area contributed by atoms with Crippen LogP contribution in [0.1, 0.15) is 6.42 Å². The highest BCUT2D eigenvalue weighted by Crippen LogP contribution is 2.37. The van der Waals surface area contributed by atoms with Crippen LogP contribution in [-0.2, 0) is 9.59 Å². The monoisotopic (exact) mass is 328 g/mol. The Morgan fingerprint density at radius 2 is 1.83 bits per heavy atom. The quantitative estimate of drug-likeness (QED) is 0.690. The van der Waals surface area contributed by atoms with Crippen LogP contribution in [0.3, 0.4) is 0 Å². The summed E-state index contributed by atoms with van der Waals surface area (Å²) < 4.78 is 5.25. The zero-order chi connectivity index (χ0) is 16.4. The predicted octanol–water partition coefficient (Wildman–Crippen LogP) is 2.70. The van der Waals surface area contributed by atoms with Crippen LogP contribution in [0.25, 0.3) is 0 Å². The number of ether oxygens (including phenoxy) is 1. The Kier molecular flexibility index (Phi) is 4.25. The zero-order valence-corrected chi connectivity index (χ0v) is 13.4. The highest BCUT2D eigenvalue weighted by Gasteiger charge is 2.41. The first-order valence-corrected chi connectivity index (χ1v) is 8.00. The molecule has 1 saturated heterocycles. The van der Waals surface area contributed by atoms with Gasteiger partial charge in [-0.1, -0.05) is 12.1 Å². The molecule has 1 aliphatic heterocycles. The van der Waals surface area contributed by atoms with Gasteiger partial charge in [0.05, 0.1) is 18.0 Å². The van der Waals surface area contributed by atoms with E-state index < -0.39 is 5.25 Å². The molecule has 23 heavy (non-hydrogen) atoms. The van der Waals surface area contributed by atoms with Crippen molar-refractivity contribution in [3.05, 3.63) is 48.5 Å². The molecule has 6 heteroatoms. The van der Waals surface area contributed by atoms with Crippen LogP contribution < -0.4 is 15.4 Å². The number of thioether (sulfide) groups is 1. The molecule has 1 fully saturated rings. The highest BCUT2D eigenvalue weighted by molar-refractivity contribution is 8.00. The molecule has 2 N–H and O–H groups in total. The largest absolute Gasteiger partial charge is 0.495 e. The van der Waals surface area contributed by atoms with Gasteiger partial charge in [-0.05, 0) is 36.4 Å². The normalized spacial score (nSPS) is 17.6. The van der Waals surface area contributed by atoms with Crippen molar-refractivity contribution in [2.24, 2.45) is 0 Å². The minimum absolute atomic E-state index is 0.173. The average molecular weight is 328 g/mol. The molecule has 0 bridgehead atoms. The van der Waals surface area contributed by atoms with E-state index in [0.29, 0.717) is 17.1 Å². The maximum atomic E-state index is 12.7. The smallest absolute Gasteiger partial charge is 0.247 e. The third-order valence-electron chi connectivity index (χ3n) is 3.59. The molecule has 1 aliphatic rings. The van der Waals surface area contributed by atoms with E-state index in [1.165, 1.54) is 23.8 Å². The van der Waals surface area contributed by atoms with Crippen LogP contribution in [-0.4, -0.2) is 24.2 Å². The molecule has 0 aromatic heterocycles. The summed E-state index contributed by atoms with van der Waals surface area (Å²) in [5.41, 5.74) is 6.82. The zero-order valence-electron chi connectivity index (χ0n) is 12.6. The summed E-state index contributed by atoms with van der Waals surface area (Å²) in [6.07, 6.45) is 0.173. The molecule has 2 amide bonds. The van der Waals surface area contributed by atoms with E-state index >= 15 is 0 Å². The van der Waals surface area contributed by atoms with E-state index in [1.807, 2.05) is 12.1 Å². The van der Waals surface area contributed by atoms with Crippen LogP contribution in [0.4, 0.5) is 11.4 Å². The van der Waals surface area contributed by atoms with Crippen molar-refractivity contribution in [1.82, 2.24) is 0 Å². The molecule has 0 aliphatic carbocycles. The topological polar surface area (TPSA) is 72.6 Å². The van der Waals surface area contributed by atoms with E-state index in [-0.39, 0.29) is 18.2 Å². The second-order valence-electron chi connectivity index (χ2n) is 5.12. The van der Waals surface area contributed by atoms with Gasteiger partial charge in [0.15, 0.2) is 0 Å². The van der Waals surface area contributed by atoms with Crippen molar-refractivity contribution in [2.45, 2.75) is 16.6 Å². The lowest BCUT2D eigenvalue weighted by molar-refractivity contribution is -0.121. The first-order chi connectivity index (χ1) is 11.1. The van der Waals surface area contributed by atoms with Crippen LogP contribution in [0.5, 0.6) is 5.75 Å². The van der Waals surface area contributed by atoms with Gasteiger partial charge in [0.1, 0.15) is 5.75 Å². The molecule has 2 aromatic carbocycles. The van der Waals surface area contributed by atoms with Crippen molar-refractivity contribution in [3.8, 4) is 5.75 Å².